The van der Waals surface area contributed by atoms with Crippen LogP contribution < -0.4 is 10.6 Å². The highest BCUT2D eigenvalue weighted by atomic mass is 32.1. The van der Waals surface area contributed by atoms with Crippen molar-refractivity contribution in [2.75, 3.05) is 7.05 Å². The molecule has 0 radical (unpaired) electrons. The molecule has 2 aromatic carbocycles. The van der Waals surface area contributed by atoms with Gasteiger partial charge in [-0.25, -0.2) is 14.6 Å². The van der Waals surface area contributed by atoms with Crippen molar-refractivity contribution in [2.24, 2.45) is 11.8 Å². The van der Waals surface area contributed by atoms with E-state index in [1.165, 1.54) is 0 Å². The molecule has 4 rings (SSSR count). The Bertz CT molecular complexity index is 1610. The van der Waals surface area contributed by atoms with Gasteiger partial charge in [-0.2, -0.15) is 0 Å². The number of Topliss-reactive ketones (excluding diaryl/α,β-unsaturated/α-hetero) is 1. The van der Waals surface area contributed by atoms with Gasteiger partial charge in [0.05, 0.1) is 29.0 Å². The number of hydrogen-bond donors (Lipinski definition) is 2. The number of hydrogen-bond acceptors (Lipinski definition) is 7. The number of nitrogens with zero attached hydrogens (tertiary/aromatic N) is 3. The van der Waals surface area contributed by atoms with E-state index in [2.05, 4.69) is 46.6 Å². The number of benzene rings is 2. The third-order valence-electron chi connectivity index (χ3n) is 8.61. The molecular weight excluding hydrogens is 647 g/mol. The maximum absolute atomic E-state index is 14.0. The molecular formula is C40H51N5O4S. The molecule has 4 aromatic rings. The summed E-state index contributed by atoms with van der Waals surface area (Å²) >= 11 is 1.60. The van der Waals surface area contributed by atoms with Gasteiger partial charge >= 0.3 is 12.1 Å². The summed E-state index contributed by atoms with van der Waals surface area (Å²) in [5.41, 5.74) is 3.75. The lowest BCUT2D eigenvalue weighted by Gasteiger charge is -2.27. The molecule has 2 heterocycles. The van der Waals surface area contributed by atoms with Crippen molar-refractivity contribution in [3.63, 3.8) is 0 Å². The molecule has 0 aliphatic rings. The van der Waals surface area contributed by atoms with Gasteiger partial charge in [0.15, 0.2) is 5.78 Å². The van der Waals surface area contributed by atoms with E-state index in [9.17, 15) is 14.4 Å². The van der Waals surface area contributed by atoms with E-state index < -0.39 is 12.1 Å². The van der Waals surface area contributed by atoms with Crippen LogP contribution in [0.25, 0.3) is 0 Å². The van der Waals surface area contributed by atoms with Crippen LogP contribution in [0, 0.1) is 11.8 Å². The largest absolute Gasteiger partial charge is 0.443 e. The molecule has 0 saturated heterocycles. The minimum absolute atomic E-state index is 0.000716. The van der Waals surface area contributed by atoms with E-state index in [0.29, 0.717) is 50.3 Å². The Labute approximate surface area is 300 Å². The number of pyridine rings is 1. The van der Waals surface area contributed by atoms with Gasteiger partial charge < -0.3 is 20.3 Å². The smallest absolute Gasteiger partial charge is 0.407 e. The summed E-state index contributed by atoms with van der Waals surface area (Å²) in [6.07, 6.45) is 4.13. The Hall–Kier alpha value is -4.57. The first-order valence-corrected chi connectivity index (χ1v) is 18.3. The van der Waals surface area contributed by atoms with E-state index in [0.717, 1.165) is 21.8 Å². The molecule has 0 aliphatic heterocycles. The number of rotatable bonds is 18. The van der Waals surface area contributed by atoms with E-state index >= 15 is 0 Å². The summed E-state index contributed by atoms with van der Waals surface area (Å²) in [5.74, 6) is 0.233. The molecule has 0 saturated carbocycles. The molecule has 0 bridgehead atoms. The van der Waals surface area contributed by atoms with Crippen LogP contribution in [-0.4, -0.2) is 51.9 Å². The van der Waals surface area contributed by atoms with Gasteiger partial charge in [0, 0.05) is 37.0 Å². The number of thiazole rings is 1. The quantitative estimate of drug-likeness (QED) is 0.109. The number of nitrogens with one attached hydrogen (secondary N) is 2. The molecule has 0 unspecified atom stereocenters. The number of ketones is 1. The number of amides is 3. The minimum Gasteiger partial charge on any atom is -0.443 e. The van der Waals surface area contributed by atoms with E-state index in [-0.39, 0.29) is 36.3 Å². The predicted octanol–water partition coefficient (Wildman–Crippen LogP) is 7.96. The lowest BCUT2D eigenvalue weighted by atomic mass is 9.85. The van der Waals surface area contributed by atoms with Crippen LogP contribution in [0.5, 0.6) is 0 Å². The zero-order valence-electron chi connectivity index (χ0n) is 29.9. The highest BCUT2D eigenvalue weighted by molar-refractivity contribution is 7.09. The second-order valence-electron chi connectivity index (χ2n) is 13.6. The number of aromatic nitrogens is 2. The Morgan fingerprint density at radius 1 is 0.820 bits per heavy atom. The summed E-state index contributed by atoms with van der Waals surface area (Å²) in [6, 6.07) is 24.5. The molecule has 266 valence electrons. The van der Waals surface area contributed by atoms with Crippen molar-refractivity contribution in [1.29, 1.82) is 0 Å². The molecule has 10 heteroatoms. The molecule has 0 fully saturated rings. The van der Waals surface area contributed by atoms with Crippen molar-refractivity contribution in [3.8, 4) is 0 Å². The second kappa shape index (κ2) is 19.6. The summed E-state index contributed by atoms with van der Waals surface area (Å²) in [4.78, 5) is 50.7. The zero-order valence-corrected chi connectivity index (χ0v) is 30.7. The molecule has 2 N–H and O–H groups in total. The first-order valence-electron chi connectivity index (χ1n) is 17.5. The fourth-order valence-corrected chi connectivity index (χ4v) is 6.69. The number of ether oxygens (including phenoxy) is 1. The van der Waals surface area contributed by atoms with Crippen molar-refractivity contribution in [1.82, 2.24) is 25.5 Å². The SMILES string of the molecule is CC(C)c1nc(CN(C)C(=O)N[C@H](C(=O)C[C@H](CC[C@H](Cc2ccccc2)NC(=O)OCc2ccccn2)Cc2ccccc2)C(C)C)cs1. The monoisotopic (exact) mass is 697 g/mol. The third-order valence-corrected chi connectivity index (χ3v) is 9.80. The topological polar surface area (TPSA) is 114 Å². The van der Waals surface area contributed by atoms with Crippen LogP contribution >= 0.6 is 11.3 Å². The Morgan fingerprint density at radius 3 is 2.08 bits per heavy atom. The summed E-state index contributed by atoms with van der Waals surface area (Å²) in [5, 5.41) is 9.12. The number of carbonyl (C=O) groups is 3. The molecule has 3 amide bonds. The number of carbonyl (C=O) groups excluding carboxylic acids is 3. The molecule has 3 atom stereocenters. The number of alkyl carbamates (subject to hydrolysis) is 1. The van der Waals surface area contributed by atoms with Gasteiger partial charge in [0.25, 0.3) is 0 Å². The zero-order chi connectivity index (χ0) is 35.9. The van der Waals surface area contributed by atoms with E-state index in [1.54, 1.807) is 29.5 Å². The molecule has 2 aromatic heterocycles. The Kier molecular flexibility index (Phi) is 15.0. The van der Waals surface area contributed by atoms with Crippen LogP contribution in [0.3, 0.4) is 0 Å². The van der Waals surface area contributed by atoms with Crippen molar-refractivity contribution in [2.45, 2.75) is 91.0 Å². The molecule has 9 nitrogen and oxygen atoms in total. The van der Waals surface area contributed by atoms with Gasteiger partial charge in [0.1, 0.15) is 6.61 Å². The normalized spacial score (nSPS) is 13.0. The third kappa shape index (κ3) is 12.7. The lowest BCUT2D eigenvalue weighted by molar-refractivity contribution is -0.122. The average molecular weight is 698 g/mol. The second-order valence-corrected chi connectivity index (χ2v) is 14.5. The Morgan fingerprint density at radius 2 is 1.48 bits per heavy atom. The minimum atomic E-state index is -0.635. The first-order chi connectivity index (χ1) is 24.1. The van der Waals surface area contributed by atoms with E-state index in [1.807, 2.05) is 86.0 Å². The van der Waals surface area contributed by atoms with Crippen LogP contribution in [-0.2, 0) is 35.5 Å². The summed E-state index contributed by atoms with van der Waals surface area (Å²) in [7, 11) is 1.73. The predicted molar refractivity (Wildman–Crippen MR) is 199 cm³/mol. The highest BCUT2D eigenvalue weighted by Gasteiger charge is 2.28. The van der Waals surface area contributed by atoms with Crippen molar-refractivity contribution < 1.29 is 19.1 Å². The molecule has 0 aliphatic carbocycles. The number of urea groups is 1. The standard InChI is InChI=1S/C40H51N5O4S/c1-28(2)37(44-39(47)45(5)25-35-27-50-38(42-35)29(3)4)36(46)24-32(22-30-14-8-6-9-15-30)19-20-33(23-31-16-10-7-11-17-31)43-40(48)49-26-34-18-12-13-21-41-34/h6-18,21,27-29,32-33,37H,19-20,22-26H2,1-5H3,(H,43,48)(H,44,47)/t32-,33-,37+/m1/s1. The summed E-state index contributed by atoms with van der Waals surface area (Å²) in [6.45, 7) is 8.56. The maximum atomic E-state index is 14.0. The van der Waals surface area contributed by atoms with Crippen molar-refractivity contribution >= 4 is 29.2 Å². The van der Waals surface area contributed by atoms with Crippen LogP contribution in [0.4, 0.5) is 9.59 Å². The van der Waals surface area contributed by atoms with Gasteiger partial charge in [0.2, 0.25) is 0 Å². The fourth-order valence-electron chi connectivity index (χ4n) is 5.86. The van der Waals surface area contributed by atoms with Gasteiger partial charge in [-0.3, -0.25) is 9.78 Å². The van der Waals surface area contributed by atoms with Crippen LogP contribution in [0.2, 0.25) is 0 Å². The van der Waals surface area contributed by atoms with Gasteiger partial charge in [-0.15, -0.1) is 11.3 Å². The summed E-state index contributed by atoms with van der Waals surface area (Å²) < 4.78 is 5.51. The van der Waals surface area contributed by atoms with Gasteiger partial charge in [-0.05, 0) is 60.8 Å². The van der Waals surface area contributed by atoms with Crippen molar-refractivity contribution in [3.05, 3.63) is 118 Å². The van der Waals surface area contributed by atoms with Crippen LogP contribution in [0.15, 0.2) is 90.4 Å². The van der Waals surface area contributed by atoms with Gasteiger partial charge in [-0.1, -0.05) is 94.4 Å². The highest BCUT2D eigenvalue weighted by Crippen LogP contribution is 2.24. The van der Waals surface area contributed by atoms with Crippen LogP contribution in [0.1, 0.15) is 80.4 Å². The average Bonchev–Trinajstić information content (AvgIpc) is 3.58. The Balaban J connectivity index is 1.43. The molecule has 0 spiro atoms. The maximum Gasteiger partial charge on any atom is 0.407 e. The lowest BCUT2D eigenvalue weighted by Crippen LogP contribution is -2.49. The first kappa shape index (κ1) is 38.2. The fraction of sp³-hybridized carbons (Fsp3) is 0.425. The van der Waals surface area contributed by atoms with E-state index in [4.69, 9.17) is 4.74 Å². The molecule has 50 heavy (non-hydrogen) atoms.